The number of rotatable bonds is 4. The van der Waals surface area contributed by atoms with Gasteiger partial charge in [-0.25, -0.2) is 9.37 Å². The highest BCUT2D eigenvalue weighted by atomic mass is 79.9. The molecule has 0 amide bonds. The van der Waals surface area contributed by atoms with Crippen molar-refractivity contribution in [3.8, 4) is 5.75 Å². The van der Waals surface area contributed by atoms with E-state index >= 15 is 0 Å². The molecule has 7 heteroatoms. The lowest BCUT2D eigenvalue weighted by Crippen LogP contribution is -2.23. The molecule has 5 rings (SSSR count). The zero-order valence-corrected chi connectivity index (χ0v) is 19.2. The Morgan fingerprint density at radius 2 is 2.00 bits per heavy atom. The molecule has 0 radical (unpaired) electrons. The summed E-state index contributed by atoms with van der Waals surface area (Å²) in [5, 5.41) is 0.556. The van der Waals surface area contributed by atoms with Crippen molar-refractivity contribution in [1.29, 1.82) is 0 Å². The maximum absolute atomic E-state index is 14.2. The zero-order chi connectivity index (χ0) is 20.8. The van der Waals surface area contributed by atoms with Crippen LogP contribution in [0.2, 0.25) is 5.02 Å². The Hall–Kier alpha value is -1.99. The van der Waals surface area contributed by atoms with E-state index in [2.05, 4.69) is 45.1 Å². The van der Waals surface area contributed by atoms with Gasteiger partial charge in [-0.1, -0.05) is 29.8 Å². The molecule has 0 spiro atoms. The number of thiazole rings is 1. The highest BCUT2D eigenvalue weighted by Gasteiger charge is 2.35. The van der Waals surface area contributed by atoms with Gasteiger partial charge in [0.1, 0.15) is 11.6 Å². The Labute approximate surface area is 191 Å². The lowest BCUT2D eigenvalue weighted by Gasteiger charge is -2.26. The summed E-state index contributed by atoms with van der Waals surface area (Å²) in [5.74, 6) is 0.529. The van der Waals surface area contributed by atoms with Crippen LogP contribution >= 0.6 is 38.9 Å². The highest BCUT2D eigenvalue weighted by Crippen LogP contribution is 2.46. The van der Waals surface area contributed by atoms with Crippen LogP contribution < -0.4 is 4.74 Å². The minimum absolute atomic E-state index is 0.178. The molecular formula is C23H17BrClFN2OS. The largest absolute Gasteiger partial charge is 0.497 e. The maximum atomic E-state index is 14.2. The van der Waals surface area contributed by atoms with Crippen LogP contribution in [-0.4, -0.2) is 17.0 Å². The number of ether oxygens (including phenoxy) is 1. The summed E-state index contributed by atoms with van der Waals surface area (Å²) in [6.45, 7) is 1.44. The van der Waals surface area contributed by atoms with Crippen molar-refractivity contribution < 1.29 is 9.13 Å². The Morgan fingerprint density at radius 3 is 2.77 bits per heavy atom. The van der Waals surface area contributed by atoms with E-state index in [0.717, 1.165) is 43.1 Å². The Balaban J connectivity index is 1.64. The second kappa shape index (κ2) is 7.93. The molecule has 4 aromatic rings. The summed E-state index contributed by atoms with van der Waals surface area (Å²) in [4.78, 5) is 7.05. The van der Waals surface area contributed by atoms with Crippen LogP contribution in [-0.2, 0) is 13.1 Å². The van der Waals surface area contributed by atoms with E-state index in [-0.39, 0.29) is 11.9 Å². The molecule has 0 fully saturated rings. The van der Waals surface area contributed by atoms with E-state index in [1.807, 2.05) is 12.1 Å². The number of nitrogens with zero attached hydrogens (tertiary/aromatic N) is 2. The van der Waals surface area contributed by atoms with Crippen LogP contribution in [0, 0.1) is 5.82 Å². The summed E-state index contributed by atoms with van der Waals surface area (Å²) in [7, 11) is 1.66. The van der Waals surface area contributed by atoms with Gasteiger partial charge in [-0.2, -0.15) is 0 Å². The SMILES string of the molecule is COc1ccc(CN2Cc3ccc4sc(Br)nc4c3C2c2cc(F)ccc2Cl)cc1. The van der Waals surface area contributed by atoms with Crippen LogP contribution in [0.4, 0.5) is 4.39 Å². The fourth-order valence-corrected chi connectivity index (χ4v) is 5.78. The third-order valence-electron chi connectivity index (χ3n) is 5.47. The predicted octanol–water partition coefficient (Wildman–Crippen LogP) is 6.97. The molecule has 0 aliphatic carbocycles. The molecule has 1 atom stereocenters. The van der Waals surface area contributed by atoms with E-state index in [1.165, 1.54) is 11.6 Å². The van der Waals surface area contributed by atoms with Crippen LogP contribution in [0.15, 0.2) is 58.5 Å². The fourth-order valence-electron chi connectivity index (χ4n) is 4.15. The first-order chi connectivity index (χ1) is 14.5. The van der Waals surface area contributed by atoms with Crippen LogP contribution in [0.3, 0.4) is 0 Å². The quantitative estimate of drug-likeness (QED) is 0.301. The van der Waals surface area contributed by atoms with Crippen molar-refractivity contribution in [2.75, 3.05) is 7.11 Å². The van der Waals surface area contributed by atoms with Gasteiger partial charge in [-0.05, 0) is 69.0 Å². The predicted molar refractivity (Wildman–Crippen MR) is 123 cm³/mol. The van der Waals surface area contributed by atoms with Gasteiger partial charge in [-0.3, -0.25) is 4.90 Å². The highest BCUT2D eigenvalue weighted by molar-refractivity contribution is 9.11. The fraction of sp³-hybridized carbons (Fsp3) is 0.174. The lowest BCUT2D eigenvalue weighted by atomic mass is 9.96. The van der Waals surface area contributed by atoms with Crippen molar-refractivity contribution in [3.05, 3.63) is 91.6 Å². The first kappa shape index (κ1) is 19.9. The Morgan fingerprint density at radius 1 is 1.20 bits per heavy atom. The number of aromatic nitrogens is 1. The van der Waals surface area contributed by atoms with Gasteiger partial charge in [-0.15, -0.1) is 11.3 Å². The number of hydrogen-bond acceptors (Lipinski definition) is 4. The number of benzene rings is 3. The molecule has 1 unspecified atom stereocenters. The van der Waals surface area contributed by atoms with Gasteiger partial charge in [0, 0.05) is 23.7 Å². The van der Waals surface area contributed by atoms with Crippen molar-refractivity contribution in [2.45, 2.75) is 19.1 Å². The third-order valence-corrected chi connectivity index (χ3v) is 7.29. The Kier molecular flexibility index (Phi) is 5.27. The monoisotopic (exact) mass is 502 g/mol. The summed E-state index contributed by atoms with van der Waals surface area (Å²) in [6, 6.07) is 16.7. The molecule has 0 saturated heterocycles. The van der Waals surface area contributed by atoms with Gasteiger partial charge in [0.2, 0.25) is 0 Å². The van der Waals surface area contributed by atoms with E-state index in [0.29, 0.717) is 11.6 Å². The average Bonchev–Trinajstić information content (AvgIpc) is 3.29. The molecule has 3 nitrogen and oxygen atoms in total. The molecule has 1 aliphatic heterocycles. The number of fused-ring (bicyclic) bond motifs is 3. The zero-order valence-electron chi connectivity index (χ0n) is 16.0. The maximum Gasteiger partial charge on any atom is 0.160 e. The van der Waals surface area contributed by atoms with E-state index in [1.54, 1.807) is 30.6 Å². The van der Waals surface area contributed by atoms with Crippen molar-refractivity contribution in [2.24, 2.45) is 0 Å². The van der Waals surface area contributed by atoms with Gasteiger partial charge >= 0.3 is 0 Å². The standard InChI is InChI=1S/C23H17BrClFN2OS/c1-29-16-6-2-13(3-7-16)11-28-12-14-4-9-19-21(27-23(24)30-19)20(14)22(28)17-10-15(26)5-8-18(17)25/h2-10,22H,11-12H2,1H3. The van der Waals surface area contributed by atoms with Gasteiger partial charge < -0.3 is 4.74 Å². The molecular weight excluding hydrogens is 487 g/mol. The molecule has 3 aromatic carbocycles. The Bertz CT molecular complexity index is 1240. The van der Waals surface area contributed by atoms with E-state index in [4.69, 9.17) is 21.3 Å². The molecule has 0 N–H and O–H groups in total. The topological polar surface area (TPSA) is 25.4 Å². The normalized spacial score (nSPS) is 16.2. The second-order valence-electron chi connectivity index (χ2n) is 7.27. The van der Waals surface area contributed by atoms with Gasteiger partial charge in [0.05, 0.1) is 23.4 Å². The molecule has 30 heavy (non-hydrogen) atoms. The first-order valence-corrected chi connectivity index (χ1v) is 11.4. The second-order valence-corrected chi connectivity index (χ2v) is 9.99. The van der Waals surface area contributed by atoms with Crippen LogP contribution in [0.5, 0.6) is 5.75 Å². The molecule has 0 bridgehead atoms. The molecule has 152 valence electrons. The summed E-state index contributed by atoms with van der Waals surface area (Å²) < 4.78 is 21.4. The summed E-state index contributed by atoms with van der Waals surface area (Å²) in [5.41, 5.74) is 5.17. The summed E-state index contributed by atoms with van der Waals surface area (Å²) >= 11 is 11.7. The number of hydrogen-bond donors (Lipinski definition) is 0. The molecule has 1 aliphatic rings. The minimum atomic E-state index is -0.293. The van der Waals surface area contributed by atoms with E-state index < -0.39 is 0 Å². The summed E-state index contributed by atoms with van der Waals surface area (Å²) in [6.07, 6.45) is 0. The number of methoxy groups -OCH3 is 1. The van der Waals surface area contributed by atoms with Crippen molar-refractivity contribution >= 4 is 49.1 Å². The van der Waals surface area contributed by atoms with Crippen LogP contribution in [0.1, 0.15) is 28.3 Å². The minimum Gasteiger partial charge on any atom is -0.497 e. The lowest BCUT2D eigenvalue weighted by molar-refractivity contribution is 0.235. The third kappa shape index (κ3) is 3.52. The van der Waals surface area contributed by atoms with Crippen molar-refractivity contribution in [3.63, 3.8) is 0 Å². The molecule has 0 saturated carbocycles. The first-order valence-electron chi connectivity index (χ1n) is 9.43. The molecule has 1 aromatic heterocycles. The van der Waals surface area contributed by atoms with Gasteiger partial charge in [0.15, 0.2) is 3.92 Å². The smallest absolute Gasteiger partial charge is 0.160 e. The van der Waals surface area contributed by atoms with E-state index in [9.17, 15) is 4.39 Å². The van der Waals surface area contributed by atoms with Gasteiger partial charge in [0.25, 0.3) is 0 Å². The van der Waals surface area contributed by atoms with Crippen LogP contribution in [0.25, 0.3) is 10.2 Å². The van der Waals surface area contributed by atoms with Crippen molar-refractivity contribution in [1.82, 2.24) is 9.88 Å². The number of halogens is 3. The average molecular weight is 504 g/mol. The molecule has 2 heterocycles.